The molecule has 0 heterocycles. The molecule has 2 amide bonds. The third kappa shape index (κ3) is 8.57. The summed E-state index contributed by atoms with van der Waals surface area (Å²) in [5.74, 6) is -1.19. The van der Waals surface area contributed by atoms with Crippen molar-refractivity contribution in [2.24, 2.45) is 0 Å². The lowest BCUT2D eigenvalue weighted by Gasteiger charge is -2.32. The average Bonchev–Trinajstić information content (AvgIpc) is 2.95. The van der Waals surface area contributed by atoms with Gasteiger partial charge in [-0.15, -0.1) is 0 Å². The van der Waals surface area contributed by atoms with Crippen LogP contribution in [0.3, 0.4) is 0 Å². The maximum atomic E-state index is 13.9. The van der Waals surface area contributed by atoms with E-state index in [2.05, 4.69) is 21.2 Å². The largest absolute Gasteiger partial charge is 0.416 e. The Morgan fingerprint density at radius 1 is 1.00 bits per heavy atom. The normalized spacial score (nSPS) is 12.5. The van der Waals surface area contributed by atoms with E-state index in [1.54, 1.807) is 43.3 Å². The second-order valence-corrected chi connectivity index (χ2v) is 12.6. The summed E-state index contributed by atoms with van der Waals surface area (Å²) in [6.45, 7) is 4.79. The second kappa shape index (κ2) is 14.2. The van der Waals surface area contributed by atoms with Gasteiger partial charge in [0.1, 0.15) is 12.6 Å². The van der Waals surface area contributed by atoms with Gasteiger partial charge in [-0.1, -0.05) is 65.2 Å². The number of nitrogens with one attached hydrogen (secondary N) is 1. The molecule has 1 N–H and O–H groups in total. The number of carbonyl (C=O) groups is 2. The molecule has 12 heteroatoms. The van der Waals surface area contributed by atoms with E-state index in [9.17, 15) is 31.2 Å². The van der Waals surface area contributed by atoms with Crippen LogP contribution >= 0.6 is 15.9 Å². The Kier molecular flexibility index (Phi) is 11.2. The Bertz CT molecular complexity index is 1480. The molecule has 0 aliphatic carbocycles. The minimum atomic E-state index is -4.74. The van der Waals surface area contributed by atoms with Gasteiger partial charge in [-0.05, 0) is 68.3 Å². The molecule has 226 valence electrons. The van der Waals surface area contributed by atoms with Gasteiger partial charge in [-0.25, -0.2) is 8.42 Å². The van der Waals surface area contributed by atoms with Crippen LogP contribution in [-0.4, -0.2) is 44.3 Å². The van der Waals surface area contributed by atoms with E-state index in [1.165, 1.54) is 30.0 Å². The van der Waals surface area contributed by atoms with E-state index >= 15 is 0 Å². The fourth-order valence-electron chi connectivity index (χ4n) is 4.11. The van der Waals surface area contributed by atoms with Crippen LogP contribution in [0.4, 0.5) is 18.9 Å². The third-order valence-electron chi connectivity index (χ3n) is 6.61. The molecule has 42 heavy (non-hydrogen) atoms. The smallest absolute Gasteiger partial charge is 0.354 e. The molecule has 0 spiro atoms. The molecule has 0 saturated heterocycles. The van der Waals surface area contributed by atoms with Crippen molar-refractivity contribution in [3.63, 3.8) is 0 Å². The highest BCUT2D eigenvalue weighted by molar-refractivity contribution is 9.10. The number of alkyl halides is 3. The number of hydrogen-bond donors (Lipinski definition) is 1. The van der Waals surface area contributed by atoms with Crippen molar-refractivity contribution in [2.45, 2.75) is 57.3 Å². The van der Waals surface area contributed by atoms with Crippen molar-refractivity contribution >= 4 is 43.5 Å². The number of anilines is 1. The third-order valence-corrected chi connectivity index (χ3v) is 8.93. The quantitative estimate of drug-likeness (QED) is 0.230. The van der Waals surface area contributed by atoms with Crippen molar-refractivity contribution in [3.8, 4) is 0 Å². The van der Waals surface area contributed by atoms with Crippen LogP contribution in [0.1, 0.15) is 43.4 Å². The van der Waals surface area contributed by atoms with E-state index < -0.39 is 46.2 Å². The molecule has 7 nitrogen and oxygen atoms in total. The predicted octanol–water partition coefficient (Wildman–Crippen LogP) is 6.31. The highest BCUT2D eigenvalue weighted by atomic mass is 79.9. The molecule has 3 aromatic rings. The second-order valence-electron chi connectivity index (χ2n) is 9.84. The Balaban J connectivity index is 2.06. The lowest BCUT2D eigenvalue weighted by atomic mass is 10.1. The first kappa shape index (κ1) is 33.1. The van der Waals surface area contributed by atoms with Gasteiger partial charge in [0.15, 0.2) is 0 Å². The van der Waals surface area contributed by atoms with Gasteiger partial charge < -0.3 is 10.2 Å². The van der Waals surface area contributed by atoms with E-state index in [0.717, 1.165) is 35.0 Å². The number of nitrogens with zero attached hydrogens (tertiary/aromatic N) is 2. The number of halogens is 4. The van der Waals surface area contributed by atoms with Crippen LogP contribution in [0.2, 0.25) is 0 Å². The van der Waals surface area contributed by atoms with E-state index in [1.807, 2.05) is 6.92 Å². The fourth-order valence-corrected chi connectivity index (χ4v) is 5.78. The topological polar surface area (TPSA) is 86.8 Å². The Morgan fingerprint density at radius 2 is 1.64 bits per heavy atom. The lowest BCUT2D eigenvalue weighted by Crippen LogP contribution is -2.51. The standard InChI is InChI=1S/C30H33BrF3N3O4S/c1-4-5-17-35-29(39)22(3)36(19-23-11-13-25(31)14-12-23)28(38)20-37(26-8-6-7-24(18-26)30(32,33)34)42(40,41)27-15-9-21(2)10-16-27/h6-16,18,22H,4-5,17,19-20H2,1-3H3,(H,35,39)/t22-/m0/s1. The molecule has 0 aliphatic rings. The van der Waals surface area contributed by atoms with Crippen LogP contribution in [0.5, 0.6) is 0 Å². The molecule has 0 aromatic heterocycles. The van der Waals surface area contributed by atoms with Crippen molar-refractivity contribution in [1.29, 1.82) is 0 Å². The molecular weight excluding hydrogens is 635 g/mol. The molecule has 3 rings (SSSR count). The molecule has 0 radical (unpaired) electrons. The summed E-state index contributed by atoms with van der Waals surface area (Å²) in [5.41, 5.74) is 0.0559. The first-order valence-electron chi connectivity index (χ1n) is 13.3. The highest BCUT2D eigenvalue weighted by Gasteiger charge is 2.35. The number of benzene rings is 3. The average molecular weight is 669 g/mol. The van der Waals surface area contributed by atoms with Crippen LogP contribution in [0.15, 0.2) is 82.2 Å². The fraction of sp³-hybridized carbons (Fsp3) is 0.333. The minimum Gasteiger partial charge on any atom is -0.354 e. The number of unbranched alkanes of at least 4 members (excludes halogenated alkanes) is 1. The molecule has 0 bridgehead atoms. The summed E-state index contributed by atoms with van der Waals surface area (Å²) in [4.78, 5) is 27.9. The molecular formula is C30H33BrF3N3O4S. The summed E-state index contributed by atoms with van der Waals surface area (Å²) >= 11 is 3.36. The monoisotopic (exact) mass is 667 g/mol. The van der Waals surface area contributed by atoms with Crippen molar-refractivity contribution in [1.82, 2.24) is 10.2 Å². The summed E-state index contributed by atoms with van der Waals surface area (Å²) in [6, 6.07) is 15.6. The number of hydrogen-bond acceptors (Lipinski definition) is 4. The van der Waals surface area contributed by atoms with Crippen LogP contribution in [0, 0.1) is 6.92 Å². The van der Waals surface area contributed by atoms with Gasteiger partial charge in [0.2, 0.25) is 11.8 Å². The van der Waals surface area contributed by atoms with Crippen LogP contribution in [0.25, 0.3) is 0 Å². The van der Waals surface area contributed by atoms with E-state index in [-0.39, 0.29) is 17.1 Å². The van der Waals surface area contributed by atoms with Crippen molar-refractivity contribution in [3.05, 3.63) is 94.0 Å². The minimum absolute atomic E-state index is 0.0323. The number of carbonyl (C=O) groups excluding carboxylic acids is 2. The Hall–Kier alpha value is -3.38. The maximum Gasteiger partial charge on any atom is 0.416 e. The molecule has 0 aliphatic heterocycles. The predicted molar refractivity (Wildman–Crippen MR) is 159 cm³/mol. The van der Waals surface area contributed by atoms with Gasteiger partial charge >= 0.3 is 6.18 Å². The van der Waals surface area contributed by atoms with Crippen molar-refractivity contribution in [2.75, 3.05) is 17.4 Å². The van der Waals surface area contributed by atoms with Gasteiger partial charge in [0, 0.05) is 17.6 Å². The Morgan fingerprint density at radius 3 is 2.24 bits per heavy atom. The summed E-state index contributed by atoms with van der Waals surface area (Å²) < 4.78 is 69.9. The molecule has 1 atom stereocenters. The van der Waals surface area contributed by atoms with Crippen molar-refractivity contribution < 1.29 is 31.2 Å². The zero-order chi connectivity index (χ0) is 31.1. The molecule has 0 unspecified atom stereocenters. The van der Waals surface area contributed by atoms with Gasteiger partial charge in [-0.3, -0.25) is 13.9 Å². The summed E-state index contributed by atoms with van der Waals surface area (Å²) in [6.07, 6.45) is -3.16. The van der Waals surface area contributed by atoms with E-state index in [4.69, 9.17) is 0 Å². The van der Waals surface area contributed by atoms with Crippen LogP contribution < -0.4 is 9.62 Å². The van der Waals surface area contributed by atoms with Gasteiger partial charge in [0.25, 0.3) is 10.0 Å². The Labute approximate surface area is 252 Å². The first-order chi connectivity index (χ1) is 19.7. The maximum absolute atomic E-state index is 13.9. The summed E-state index contributed by atoms with van der Waals surface area (Å²) in [5, 5.41) is 2.79. The molecule has 3 aromatic carbocycles. The highest BCUT2D eigenvalue weighted by Crippen LogP contribution is 2.33. The molecule has 0 saturated carbocycles. The zero-order valence-electron chi connectivity index (χ0n) is 23.5. The number of sulfonamides is 1. The zero-order valence-corrected chi connectivity index (χ0v) is 25.9. The lowest BCUT2D eigenvalue weighted by molar-refractivity contribution is -0.139. The SMILES string of the molecule is CCCCNC(=O)[C@H](C)N(Cc1ccc(Br)cc1)C(=O)CN(c1cccc(C(F)(F)F)c1)S(=O)(=O)c1ccc(C)cc1. The van der Waals surface area contributed by atoms with Gasteiger partial charge in [0.05, 0.1) is 16.1 Å². The number of rotatable bonds is 12. The molecule has 0 fully saturated rings. The summed E-state index contributed by atoms with van der Waals surface area (Å²) in [7, 11) is -4.49. The van der Waals surface area contributed by atoms with E-state index in [0.29, 0.717) is 22.5 Å². The number of amides is 2. The van der Waals surface area contributed by atoms with Crippen LogP contribution in [-0.2, 0) is 32.3 Å². The number of aryl methyl sites for hydroxylation is 1. The first-order valence-corrected chi connectivity index (χ1v) is 15.6. The van der Waals surface area contributed by atoms with Gasteiger partial charge in [-0.2, -0.15) is 13.2 Å².